The third-order valence-electron chi connectivity index (χ3n) is 7.05. The Kier molecular flexibility index (Phi) is 7.45. The lowest BCUT2D eigenvalue weighted by molar-refractivity contribution is -0.140. The van der Waals surface area contributed by atoms with E-state index in [1.54, 1.807) is 24.3 Å². The maximum absolute atomic E-state index is 13.4. The molecular formula is C28H32N4O5. The number of carbonyl (C=O) groups excluding carboxylic acids is 3. The second-order valence-electron chi connectivity index (χ2n) is 9.06. The molecule has 0 saturated carbocycles. The van der Waals surface area contributed by atoms with Crippen LogP contribution < -0.4 is 0 Å². The molecule has 0 aliphatic carbocycles. The van der Waals surface area contributed by atoms with E-state index in [9.17, 15) is 19.5 Å². The van der Waals surface area contributed by atoms with Crippen molar-refractivity contribution in [2.45, 2.75) is 33.7 Å². The number of hydrogen-bond donors (Lipinski definition) is 1. The van der Waals surface area contributed by atoms with Gasteiger partial charge < -0.3 is 24.0 Å². The standard InChI is InChI=1S/C28H32N4O5/c1-6-30(7-2)15-16-32-23(19-10-12-20(13-11-19)28(36)37-5)21(25(34)27(32)35)24(33)22-18(4)31-14-8-9-17(3)26(31)29-22/h8-14,23,33H,6-7,15-16H2,1-5H3/b24-21+. The lowest BCUT2D eigenvalue weighted by Crippen LogP contribution is -2.38. The fourth-order valence-electron chi connectivity index (χ4n) is 4.84. The number of ether oxygens (including phenoxy) is 1. The molecule has 1 atom stereocenters. The maximum atomic E-state index is 13.4. The van der Waals surface area contributed by atoms with Crippen LogP contribution in [0.2, 0.25) is 0 Å². The first-order valence-corrected chi connectivity index (χ1v) is 12.4. The van der Waals surface area contributed by atoms with E-state index < -0.39 is 23.7 Å². The average molecular weight is 505 g/mol. The third kappa shape index (κ3) is 4.62. The highest BCUT2D eigenvalue weighted by Gasteiger charge is 2.46. The van der Waals surface area contributed by atoms with E-state index in [1.807, 2.05) is 50.4 Å². The molecule has 1 aromatic carbocycles. The number of pyridine rings is 1. The van der Waals surface area contributed by atoms with E-state index in [1.165, 1.54) is 12.0 Å². The molecule has 1 aliphatic rings. The predicted molar refractivity (Wildman–Crippen MR) is 139 cm³/mol. The minimum atomic E-state index is -0.826. The number of benzene rings is 1. The largest absolute Gasteiger partial charge is 0.505 e. The summed E-state index contributed by atoms with van der Waals surface area (Å²) in [6, 6.07) is 9.52. The van der Waals surface area contributed by atoms with Crippen molar-refractivity contribution in [1.29, 1.82) is 0 Å². The molecule has 1 aliphatic heterocycles. The minimum Gasteiger partial charge on any atom is -0.505 e. The van der Waals surface area contributed by atoms with Crippen molar-refractivity contribution in [3.8, 4) is 0 Å². The number of aliphatic hydroxyl groups is 1. The lowest BCUT2D eigenvalue weighted by atomic mass is 9.95. The maximum Gasteiger partial charge on any atom is 0.337 e. The van der Waals surface area contributed by atoms with Gasteiger partial charge in [-0.2, -0.15) is 0 Å². The highest BCUT2D eigenvalue weighted by Crippen LogP contribution is 2.40. The Labute approximate surface area is 216 Å². The van der Waals surface area contributed by atoms with Crippen LogP contribution in [0.15, 0.2) is 48.2 Å². The zero-order valence-corrected chi connectivity index (χ0v) is 21.8. The van der Waals surface area contributed by atoms with Gasteiger partial charge in [-0.25, -0.2) is 9.78 Å². The van der Waals surface area contributed by atoms with Crippen LogP contribution in [0.1, 0.15) is 52.8 Å². The first kappa shape index (κ1) is 26.1. The second-order valence-corrected chi connectivity index (χ2v) is 9.06. The van der Waals surface area contributed by atoms with Crippen LogP contribution in [0.3, 0.4) is 0 Å². The molecule has 3 heterocycles. The summed E-state index contributed by atoms with van der Waals surface area (Å²) in [6.07, 6.45) is 1.84. The molecule has 9 nitrogen and oxygen atoms in total. The Balaban J connectivity index is 1.86. The molecule has 4 rings (SSSR count). The van der Waals surface area contributed by atoms with Crippen molar-refractivity contribution >= 4 is 29.1 Å². The summed E-state index contributed by atoms with van der Waals surface area (Å²) in [7, 11) is 1.30. The number of hydrogen-bond acceptors (Lipinski definition) is 7. The van der Waals surface area contributed by atoms with Gasteiger partial charge >= 0.3 is 5.97 Å². The smallest absolute Gasteiger partial charge is 0.337 e. The molecule has 1 saturated heterocycles. The Bertz CT molecular complexity index is 1390. The zero-order valence-electron chi connectivity index (χ0n) is 21.8. The molecule has 1 fully saturated rings. The Morgan fingerprint density at radius 1 is 1.11 bits per heavy atom. The van der Waals surface area contributed by atoms with Crippen molar-refractivity contribution in [2.24, 2.45) is 0 Å². The van der Waals surface area contributed by atoms with Gasteiger partial charge in [-0.3, -0.25) is 9.59 Å². The number of fused-ring (bicyclic) bond motifs is 1. The number of carbonyl (C=O) groups is 3. The zero-order chi connectivity index (χ0) is 26.9. The van der Waals surface area contributed by atoms with E-state index >= 15 is 0 Å². The summed E-state index contributed by atoms with van der Waals surface area (Å²) >= 11 is 0. The summed E-state index contributed by atoms with van der Waals surface area (Å²) in [6.45, 7) is 10.3. The second kappa shape index (κ2) is 10.6. The number of aliphatic hydroxyl groups excluding tert-OH is 1. The fraction of sp³-hybridized carbons (Fsp3) is 0.357. The van der Waals surface area contributed by atoms with Gasteiger partial charge in [-0.05, 0) is 56.3 Å². The van der Waals surface area contributed by atoms with E-state index in [2.05, 4.69) is 9.88 Å². The Morgan fingerprint density at radius 2 is 1.78 bits per heavy atom. The van der Waals surface area contributed by atoms with E-state index in [0.29, 0.717) is 35.6 Å². The molecule has 9 heteroatoms. The van der Waals surface area contributed by atoms with Gasteiger partial charge in [0, 0.05) is 19.3 Å². The SMILES string of the molecule is CCN(CC)CCN1C(=O)C(=O)/C(=C(/O)c2nc3c(C)cccn3c2C)C1c1ccc(C(=O)OC)cc1. The topological polar surface area (TPSA) is 104 Å². The normalized spacial score (nSPS) is 17.2. The van der Waals surface area contributed by atoms with Gasteiger partial charge in [0.15, 0.2) is 5.76 Å². The highest BCUT2D eigenvalue weighted by atomic mass is 16.5. The molecule has 0 bridgehead atoms. The third-order valence-corrected chi connectivity index (χ3v) is 7.05. The number of aryl methyl sites for hydroxylation is 2. The number of imidazole rings is 1. The van der Waals surface area contributed by atoms with Crippen molar-refractivity contribution in [2.75, 3.05) is 33.3 Å². The van der Waals surface area contributed by atoms with Crippen molar-refractivity contribution in [3.63, 3.8) is 0 Å². The van der Waals surface area contributed by atoms with Gasteiger partial charge in [0.25, 0.3) is 11.7 Å². The van der Waals surface area contributed by atoms with E-state index in [4.69, 9.17) is 4.74 Å². The molecule has 2 aromatic heterocycles. The molecule has 37 heavy (non-hydrogen) atoms. The molecule has 1 N–H and O–H groups in total. The van der Waals surface area contributed by atoms with Crippen molar-refractivity contribution in [3.05, 3.63) is 76.2 Å². The number of amides is 1. The number of ketones is 1. The quantitative estimate of drug-likeness (QED) is 0.217. The minimum absolute atomic E-state index is 0.0143. The summed E-state index contributed by atoms with van der Waals surface area (Å²) < 4.78 is 6.64. The molecule has 0 spiro atoms. The Morgan fingerprint density at radius 3 is 2.38 bits per heavy atom. The van der Waals surface area contributed by atoms with Gasteiger partial charge in [-0.15, -0.1) is 0 Å². The first-order chi connectivity index (χ1) is 17.7. The molecule has 194 valence electrons. The Hall–Kier alpha value is -3.98. The summed E-state index contributed by atoms with van der Waals surface area (Å²) in [4.78, 5) is 46.9. The molecule has 1 amide bonds. The number of likely N-dealkylation sites (tertiary alicyclic amines) is 1. The molecule has 1 unspecified atom stereocenters. The van der Waals surface area contributed by atoms with Crippen LogP contribution in [0.4, 0.5) is 0 Å². The van der Waals surface area contributed by atoms with Crippen LogP contribution in [-0.2, 0) is 14.3 Å². The fourth-order valence-corrected chi connectivity index (χ4v) is 4.84. The predicted octanol–water partition coefficient (Wildman–Crippen LogP) is 3.50. The lowest BCUT2D eigenvalue weighted by Gasteiger charge is -2.28. The van der Waals surface area contributed by atoms with E-state index in [-0.39, 0.29) is 17.0 Å². The monoisotopic (exact) mass is 504 g/mol. The van der Waals surface area contributed by atoms with Gasteiger partial charge in [0.05, 0.1) is 30.0 Å². The number of rotatable bonds is 8. The van der Waals surface area contributed by atoms with Crippen LogP contribution in [-0.4, -0.2) is 75.2 Å². The first-order valence-electron chi connectivity index (χ1n) is 12.4. The average Bonchev–Trinajstić information content (AvgIpc) is 3.38. The number of methoxy groups -OCH3 is 1. The van der Waals surface area contributed by atoms with Crippen LogP contribution in [0.25, 0.3) is 11.4 Å². The molecule has 0 radical (unpaired) electrons. The summed E-state index contributed by atoms with van der Waals surface area (Å²) in [5.74, 6) is -2.23. The summed E-state index contributed by atoms with van der Waals surface area (Å²) in [5, 5.41) is 11.5. The number of likely N-dealkylation sites (N-methyl/N-ethyl adjacent to an activating group) is 1. The van der Waals surface area contributed by atoms with Crippen molar-refractivity contribution < 1.29 is 24.2 Å². The molecule has 3 aromatic rings. The number of Topliss-reactive ketones (excluding diaryl/α,β-unsaturated/α-hetero) is 1. The van der Waals surface area contributed by atoms with Gasteiger partial charge in [0.2, 0.25) is 0 Å². The van der Waals surface area contributed by atoms with Crippen LogP contribution in [0.5, 0.6) is 0 Å². The number of esters is 1. The van der Waals surface area contributed by atoms with Gasteiger partial charge in [0.1, 0.15) is 11.3 Å². The molecular weight excluding hydrogens is 472 g/mol. The number of nitrogens with zero attached hydrogens (tertiary/aromatic N) is 4. The van der Waals surface area contributed by atoms with Crippen LogP contribution in [0, 0.1) is 13.8 Å². The highest BCUT2D eigenvalue weighted by molar-refractivity contribution is 6.46. The van der Waals surface area contributed by atoms with Gasteiger partial charge in [-0.1, -0.05) is 32.0 Å². The van der Waals surface area contributed by atoms with Crippen LogP contribution >= 0.6 is 0 Å². The van der Waals surface area contributed by atoms with E-state index in [0.717, 1.165) is 18.7 Å². The van der Waals surface area contributed by atoms with Crippen molar-refractivity contribution in [1.82, 2.24) is 19.2 Å². The number of aromatic nitrogens is 2. The summed E-state index contributed by atoms with van der Waals surface area (Å²) in [5.41, 5.74) is 3.43.